The Kier molecular flexibility index (Phi) is 5.13. The summed E-state index contributed by atoms with van der Waals surface area (Å²) in [4.78, 5) is 13.8. The number of esters is 1. The first-order valence-electron chi connectivity index (χ1n) is 5.15. The van der Waals surface area contributed by atoms with Crippen molar-refractivity contribution in [2.45, 2.75) is 12.2 Å². The van der Waals surface area contributed by atoms with E-state index in [1.165, 1.54) is 19.2 Å². The zero-order valence-corrected chi connectivity index (χ0v) is 9.72. The van der Waals surface area contributed by atoms with Crippen LogP contribution in [0.15, 0.2) is 29.4 Å². The Hall–Kier alpha value is -2.08. The molecule has 0 amide bonds. The Bertz CT molecular complexity index is 471. The van der Waals surface area contributed by atoms with E-state index in [-0.39, 0.29) is 12.1 Å². The third-order valence-electron chi connectivity index (χ3n) is 2.35. The molecule has 0 radical (unpaired) electrons. The minimum Gasteiger partial charge on any atom is -0.465 e. The fourth-order valence-corrected chi connectivity index (χ4v) is 1.41. The van der Waals surface area contributed by atoms with Crippen molar-refractivity contribution in [1.29, 1.82) is 0 Å². The Morgan fingerprint density at radius 3 is 2.89 bits per heavy atom. The number of benzene rings is 1. The van der Waals surface area contributed by atoms with Crippen LogP contribution in [0.25, 0.3) is 10.4 Å². The molecule has 0 heterocycles. The average Bonchev–Trinajstić information content (AvgIpc) is 2.43. The van der Waals surface area contributed by atoms with E-state index >= 15 is 0 Å². The molecule has 7 heteroatoms. The standard InChI is InChI=1S/C11H13N3O4/c1-18-11(17)8-4-2-3-7(5-8)10(16)9(15)6-13-14-12/h2-5,9-10,15-16H,6H2,1H3. The van der Waals surface area contributed by atoms with Crippen molar-refractivity contribution in [3.8, 4) is 0 Å². The van der Waals surface area contributed by atoms with Crippen LogP contribution in [-0.4, -0.2) is 35.9 Å². The van der Waals surface area contributed by atoms with Gasteiger partial charge in [0.25, 0.3) is 0 Å². The summed E-state index contributed by atoms with van der Waals surface area (Å²) in [5.41, 5.74) is 8.74. The third-order valence-corrected chi connectivity index (χ3v) is 2.35. The van der Waals surface area contributed by atoms with Gasteiger partial charge in [-0.25, -0.2) is 4.79 Å². The summed E-state index contributed by atoms with van der Waals surface area (Å²) in [6.45, 7) is -0.250. The third kappa shape index (κ3) is 3.46. The second kappa shape index (κ2) is 6.61. The molecular weight excluding hydrogens is 238 g/mol. The summed E-state index contributed by atoms with van der Waals surface area (Å²) in [6.07, 6.45) is -2.46. The van der Waals surface area contributed by atoms with E-state index in [1.807, 2.05) is 0 Å². The minimum atomic E-state index is -1.24. The van der Waals surface area contributed by atoms with Gasteiger partial charge < -0.3 is 14.9 Å². The first kappa shape index (κ1) is 14.0. The lowest BCUT2D eigenvalue weighted by Crippen LogP contribution is -2.21. The SMILES string of the molecule is COC(=O)c1cccc(C(O)C(O)CN=[N+]=[N-])c1. The Balaban J connectivity index is 2.88. The van der Waals surface area contributed by atoms with Crippen LogP contribution < -0.4 is 0 Å². The van der Waals surface area contributed by atoms with Crippen molar-refractivity contribution >= 4 is 5.97 Å². The molecule has 2 atom stereocenters. The van der Waals surface area contributed by atoms with Gasteiger partial charge in [0.1, 0.15) is 6.10 Å². The number of rotatable bonds is 5. The van der Waals surface area contributed by atoms with Crippen LogP contribution in [0.4, 0.5) is 0 Å². The molecule has 0 bridgehead atoms. The van der Waals surface area contributed by atoms with Gasteiger partial charge in [0.05, 0.1) is 25.3 Å². The van der Waals surface area contributed by atoms with E-state index in [2.05, 4.69) is 14.8 Å². The van der Waals surface area contributed by atoms with Gasteiger partial charge >= 0.3 is 5.97 Å². The number of hydrogen-bond acceptors (Lipinski definition) is 5. The topological polar surface area (TPSA) is 116 Å². The number of methoxy groups -OCH3 is 1. The quantitative estimate of drug-likeness (QED) is 0.353. The molecule has 0 saturated heterocycles. The highest BCUT2D eigenvalue weighted by atomic mass is 16.5. The second-order valence-electron chi connectivity index (χ2n) is 3.54. The Morgan fingerprint density at radius 1 is 1.56 bits per heavy atom. The van der Waals surface area contributed by atoms with Gasteiger partial charge in [-0.2, -0.15) is 0 Å². The lowest BCUT2D eigenvalue weighted by atomic mass is 10.0. The van der Waals surface area contributed by atoms with Crippen LogP contribution in [0, 0.1) is 0 Å². The monoisotopic (exact) mass is 251 g/mol. The number of aliphatic hydroxyl groups is 2. The largest absolute Gasteiger partial charge is 0.465 e. The molecule has 0 aliphatic heterocycles. The molecule has 0 aliphatic carbocycles. The van der Waals surface area contributed by atoms with Gasteiger partial charge in [-0.1, -0.05) is 17.2 Å². The van der Waals surface area contributed by atoms with Crippen LogP contribution in [0.5, 0.6) is 0 Å². The maximum absolute atomic E-state index is 11.3. The molecule has 7 nitrogen and oxygen atoms in total. The molecule has 18 heavy (non-hydrogen) atoms. The van der Waals surface area contributed by atoms with Crippen molar-refractivity contribution in [3.63, 3.8) is 0 Å². The van der Waals surface area contributed by atoms with Crippen LogP contribution >= 0.6 is 0 Å². The Labute approximate surface area is 103 Å². The average molecular weight is 251 g/mol. The molecular formula is C11H13N3O4. The molecule has 96 valence electrons. The summed E-state index contributed by atoms with van der Waals surface area (Å²) in [7, 11) is 1.25. The molecule has 0 fully saturated rings. The maximum Gasteiger partial charge on any atom is 0.337 e. The normalized spacial score (nSPS) is 13.3. The fourth-order valence-electron chi connectivity index (χ4n) is 1.41. The van der Waals surface area contributed by atoms with E-state index in [4.69, 9.17) is 5.53 Å². The number of carbonyl (C=O) groups excluding carboxylic acids is 1. The number of carbonyl (C=O) groups is 1. The summed E-state index contributed by atoms with van der Waals surface area (Å²) in [5.74, 6) is -0.534. The highest BCUT2D eigenvalue weighted by Gasteiger charge is 2.18. The first-order valence-corrected chi connectivity index (χ1v) is 5.15. The zero-order chi connectivity index (χ0) is 13.5. The van der Waals surface area contributed by atoms with Crippen LogP contribution in [0.1, 0.15) is 22.0 Å². The lowest BCUT2D eigenvalue weighted by molar-refractivity contribution is 0.0243. The van der Waals surface area contributed by atoms with Gasteiger partial charge in [0.15, 0.2) is 0 Å². The van der Waals surface area contributed by atoms with Crippen molar-refractivity contribution in [2.24, 2.45) is 5.11 Å². The second-order valence-corrected chi connectivity index (χ2v) is 3.54. The number of ether oxygens (including phenoxy) is 1. The van der Waals surface area contributed by atoms with E-state index in [9.17, 15) is 15.0 Å². The van der Waals surface area contributed by atoms with Crippen molar-refractivity contribution < 1.29 is 19.7 Å². The molecule has 1 rings (SSSR count). The van der Waals surface area contributed by atoms with Crippen molar-refractivity contribution in [3.05, 3.63) is 45.8 Å². The number of azide groups is 1. The molecule has 1 aromatic carbocycles. The van der Waals surface area contributed by atoms with Crippen LogP contribution in [0.2, 0.25) is 0 Å². The smallest absolute Gasteiger partial charge is 0.337 e. The summed E-state index contributed by atoms with van der Waals surface area (Å²) >= 11 is 0. The van der Waals surface area contributed by atoms with E-state index in [1.54, 1.807) is 12.1 Å². The highest BCUT2D eigenvalue weighted by molar-refractivity contribution is 5.89. The lowest BCUT2D eigenvalue weighted by Gasteiger charge is -2.16. The maximum atomic E-state index is 11.3. The predicted molar refractivity (Wildman–Crippen MR) is 62.8 cm³/mol. The molecule has 1 aromatic rings. The number of nitrogens with zero attached hydrogens (tertiary/aromatic N) is 3. The van der Waals surface area contributed by atoms with Crippen LogP contribution in [-0.2, 0) is 4.74 Å². The van der Waals surface area contributed by atoms with Gasteiger partial charge in [0, 0.05) is 4.91 Å². The molecule has 0 spiro atoms. The summed E-state index contributed by atoms with van der Waals surface area (Å²) in [6, 6.07) is 6.05. The van der Waals surface area contributed by atoms with Crippen LogP contribution in [0.3, 0.4) is 0 Å². The van der Waals surface area contributed by atoms with E-state index in [0.29, 0.717) is 5.56 Å². The highest BCUT2D eigenvalue weighted by Crippen LogP contribution is 2.19. The zero-order valence-electron chi connectivity index (χ0n) is 9.72. The molecule has 0 aromatic heterocycles. The van der Waals surface area contributed by atoms with Gasteiger partial charge in [-0.05, 0) is 23.2 Å². The molecule has 2 unspecified atom stereocenters. The predicted octanol–water partition coefficient (Wildman–Crippen LogP) is 1.18. The van der Waals surface area contributed by atoms with Crippen molar-refractivity contribution in [1.82, 2.24) is 0 Å². The van der Waals surface area contributed by atoms with Gasteiger partial charge in [-0.15, -0.1) is 0 Å². The number of hydrogen-bond donors (Lipinski definition) is 2. The van der Waals surface area contributed by atoms with Crippen molar-refractivity contribution in [2.75, 3.05) is 13.7 Å². The summed E-state index contributed by atoms with van der Waals surface area (Å²) in [5, 5.41) is 22.5. The Morgan fingerprint density at radius 2 is 2.28 bits per heavy atom. The van der Waals surface area contributed by atoms with E-state index < -0.39 is 18.2 Å². The minimum absolute atomic E-state index is 0.250. The number of aliphatic hydroxyl groups excluding tert-OH is 2. The molecule has 0 saturated carbocycles. The molecule has 2 N–H and O–H groups in total. The van der Waals surface area contributed by atoms with E-state index in [0.717, 1.165) is 0 Å². The fraction of sp³-hybridized carbons (Fsp3) is 0.364. The van der Waals surface area contributed by atoms with Gasteiger partial charge in [0.2, 0.25) is 0 Å². The first-order chi connectivity index (χ1) is 8.60. The molecule has 0 aliphatic rings. The summed E-state index contributed by atoms with van der Waals surface area (Å²) < 4.78 is 4.55. The van der Waals surface area contributed by atoms with Gasteiger partial charge in [-0.3, -0.25) is 0 Å².